The lowest BCUT2D eigenvalue weighted by Gasteiger charge is -2.24. The number of rotatable bonds is 14. The van der Waals surface area contributed by atoms with E-state index in [1.807, 2.05) is 0 Å². The summed E-state index contributed by atoms with van der Waals surface area (Å²) in [6.07, 6.45) is 6.13. The summed E-state index contributed by atoms with van der Waals surface area (Å²) in [4.78, 5) is 10.5. The molecule has 168 valence electrons. The van der Waals surface area contributed by atoms with E-state index in [1.54, 1.807) is 42.0 Å². The minimum Gasteiger partial charge on any atom is -0.481 e. The molecule has 0 aliphatic rings. The molecule has 0 rings (SSSR count). The summed E-state index contributed by atoms with van der Waals surface area (Å²) < 4.78 is 46.2. The summed E-state index contributed by atoms with van der Waals surface area (Å²) in [5.74, 6) is -0.472. The minimum absolute atomic E-state index is 0.0238. The maximum absolute atomic E-state index is 12.0. The second-order valence-electron chi connectivity index (χ2n) is 6.71. The summed E-state index contributed by atoms with van der Waals surface area (Å²) in [5, 5.41) is 29.7. The molecule has 0 aromatic carbocycles. The van der Waals surface area contributed by atoms with Crippen molar-refractivity contribution in [3.05, 3.63) is 47.9 Å². The fourth-order valence-electron chi connectivity index (χ4n) is 2.21. The number of carboxylic acid groups (broad SMARTS) is 1. The van der Waals surface area contributed by atoms with Crippen LogP contribution in [0, 0.1) is 0 Å². The zero-order valence-corrected chi connectivity index (χ0v) is 17.3. The molecule has 0 saturated heterocycles. The van der Waals surface area contributed by atoms with Crippen LogP contribution in [-0.2, 0) is 4.79 Å². The van der Waals surface area contributed by atoms with Crippen molar-refractivity contribution in [2.24, 2.45) is 0 Å². The van der Waals surface area contributed by atoms with Crippen LogP contribution in [0.4, 0.5) is 13.2 Å². The number of halogens is 3. The first kappa shape index (κ1) is 27.5. The number of aliphatic carboxylic acids is 1. The van der Waals surface area contributed by atoms with Gasteiger partial charge in [0.05, 0.1) is 12.2 Å². The van der Waals surface area contributed by atoms with Crippen molar-refractivity contribution in [3.63, 3.8) is 0 Å². The van der Waals surface area contributed by atoms with Crippen LogP contribution in [0.25, 0.3) is 0 Å². The fourth-order valence-corrected chi connectivity index (χ4v) is 3.50. The number of hydrogen-bond donors (Lipinski definition) is 4. The van der Waals surface area contributed by atoms with Crippen molar-refractivity contribution in [1.29, 1.82) is 0 Å². The molecule has 0 saturated carbocycles. The first-order valence-corrected chi connectivity index (χ1v) is 11.5. The van der Waals surface area contributed by atoms with Gasteiger partial charge in [-0.2, -0.15) is 13.2 Å². The standard InChI is InChI=1S/C20H31F3O5S/c1-29(28,16-10-13-19(26)27)15-9-5-3-2-4-6-11-17(24)18(25)12-7-8-14-20(21,22)23/h2-6,9,11,15,17-18,24-25,28H,7-8,10,12-14,16H2,1H3,(H,26,27)/b4-2+,5-3-,11-6+,15-9+/t17-,18-/m1/s1. The fraction of sp³-hybridized carbons (Fsp3) is 0.550. The van der Waals surface area contributed by atoms with E-state index in [0.29, 0.717) is 12.2 Å². The van der Waals surface area contributed by atoms with Crippen LogP contribution in [-0.4, -0.2) is 56.2 Å². The van der Waals surface area contributed by atoms with Crippen LogP contribution in [0.1, 0.15) is 38.5 Å². The van der Waals surface area contributed by atoms with Crippen LogP contribution >= 0.6 is 10.3 Å². The Labute approximate surface area is 171 Å². The van der Waals surface area contributed by atoms with Crippen LogP contribution in [0.15, 0.2) is 47.9 Å². The minimum atomic E-state index is -4.20. The smallest absolute Gasteiger partial charge is 0.389 e. The lowest BCUT2D eigenvalue weighted by Crippen LogP contribution is -2.23. The van der Waals surface area contributed by atoms with Crippen molar-refractivity contribution in [2.75, 3.05) is 12.0 Å². The molecule has 0 bridgehead atoms. The molecule has 29 heavy (non-hydrogen) atoms. The first-order valence-electron chi connectivity index (χ1n) is 9.24. The van der Waals surface area contributed by atoms with Crippen molar-refractivity contribution in [3.8, 4) is 0 Å². The van der Waals surface area contributed by atoms with E-state index in [-0.39, 0.29) is 25.7 Å². The summed E-state index contributed by atoms with van der Waals surface area (Å²) in [7, 11) is -1.97. The van der Waals surface area contributed by atoms with Crippen LogP contribution < -0.4 is 0 Å². The van der Waals surface area contributed by atoms with E-state index in [2.05, 4.69) is 0 Å². The van der Waals surface area contributed by atoms with Crippen molar-refractivity contribution in [2.45, 2.75) is 56.9 Å². The molecule has 0 aromatic rings. The lowest BCUT2D eigenvalue weighted by atomic mass is 10.1. The van der Waals surface area contributed by atoms with E-state index in [0.717, 1.165) is 0 Å². The van der Waals surface area contributed by atoms with Gasteiger partial charge in [0.1, 0.15) is 0 Å². The third-order valence-corrected chi connectivity index (χ3v) is 5.65. The Balaban J connectivity index is 4.14. The van der Waals surface area contributed by atoms with Gasteiger partial charge in [-0.1, -0.05) is 49.0 Å². The summed E-state index contributed by atoms with van der Waals surface area (Å²) in [6.45, 7) is 0. The highest BCUT2D eigenvalue weighted by Crippen LogP contribution is 2.41. The normalized spacial score (nSPS) is 18.6. The number of unbranched alkanes of at least 4 members (excludes halogenated alkanes) is 1. The van der Waals surface area contributed by atoms with Crippen LogP contribution in [0.5, 0.6) is 0 Å². The Morgan fingerprint density at radius 2 is 1.59 bits per heavy atom. The predicted octanol–water partition coefficient (Wildman–Crippen LogP) is 4.79. The molecule has 1 unspecified atom stereocenters. The summed E-state index contributed by atoms with van der Waals surface area (Å²) in [6, 6.07) is 0. The molecule has 5 nitrogen and oxygen atoms in total. The second-order valence-corrected chi connectivity index (χ2v) is 9.61. The van der Waals surface area contributed by atoms with Gasteiger partial charge in [-0.25, -0.2) is 0 Å². The number of aliphatic hydroxyl groups is 2. The van der Waals surface area contributed by atoms with Gasteiger partial charge in [0.15, 0.2) is 0 Å². The van der Waals surface area contributed by atoms with Crippen molar-refractivity contribution >= 4 is 16.3 Å². The Morgan fingerprint density at radius 1 is 1.00 bits per heavy atom. The molecule has 0 heterocycles. The number of allylic oxidation sites excluding steroid dienone is 6. The van der Waals surface area contributed by atoms with E-state index >= 15 is 0 Å². The first-order chi connectivity index (χ1) is 13.4. The molecule has 0 aliphatic carbocycles. The average molecular weight is 441 g/mol. The van der Waals surface area contributed by atoms with Gasteiger partial charge in [0.25, 0.3) is 0 Å². The Morgan fingerprint density at radius 3 is 2.17 bits per heavy atom. The molecule has 3 atom stereocenters. The van der Waals surface area contributed by atoms with Gasteiger partial charge < -0.3 is 19.9 Å². The summed E-state index contributed by atoms with van der Waals surface area (Å²) >= 11 is 0. The average Bonchev–Trinajstić information content (AvgIpc) is 2.59. The zero-order chi connectivity index (χ0) is 22.3. The van der Waals surface area contributed by atoms with Gasteiger partial charge in [-0.3, -0.25) is 4.79 Å². The molecular formula is C20H31F3O5S. The van der Waals surface area contributed by atoms with Crippen LogP contribution in [0.3, 0.4) is 0 Å². The number of alkyl halides is 3. The van der Waals surface area contributed by atoms with Gasteiger partial charge in [0, 0.05) is 18.6 Å². The largest absolute Gasteiger partial charge is 0.481 e. The Hall–Kier alpha value is -1.55. The molecule has 0 spiro atoms. The second kappa shape index (κ2) is 14.4. The van der Waals surface area contributed by atoms with Gasteiger partial charge >= 0.3 is 12.1 Å². The highest BCUT2D eigenvalue weighted by molar-refractivity contribution is 8.31. The maximum atomic E-state index is 12.0. The third kappa shape index (κ3) is 18.2. The van der Waals surface area contributed by atoms with Gasteiger partial charge in [0.2, 0.25) is 0 Å². The molecule has 0 fully saturated rings. The van der Waals surface area contributed by atoms with E-state index in [4.69, 9.17) is 5.11 Å². The van der Waals surface area contributed by atoms with E-state index in [1.165, 1.54) is 12.2 Å². The quantitative estimate of drug-likeness (QED) is 0.230. The maximum Gasteiger partial charge on any atom is 0.389 e. The zero-order valence-electron chi connectivity index (χ0n) is 16.5. The Bertz CT molecular complexity index is 583. The van der Waals surface area contributed by atoms with E-state index < -0.39 is 41.1 Å². The number of aliphatic hydroxyl groups excluding tert-OH is 2. The molecule has 9 heteroatoms. The topological polar surface area (TPSA) is 98.0 Å². The van der Waals surface area contributed by atoms with Crippen molar-refractivity contribution < 1.29 is 37.8 Å². The van der Waals surface area contributed by atoms with Crippen LogP contribution in [0.2, 0.25) is 0 Å². The summed E-state index contributed by atoms with van der Waals surface area (Å²) in [5.41, 5.74) is 0. The highest BCUT2D eigenvalue weighted by Gasteiger charge is 2.26. The Kier molecular flexibility index (Phi) is 13.7. The number of carbonyl (C=O) groups is 1. The number of carboxylic acids is 1. The van der Waals surface area contributed by atoms with E-state index in [9.17, 15) is 32.7 Å². The SMILES string of the molecule is CS(O)(/C=C/C=C\C=C\C=C\[C@@H](O)[C@H](O)CCCCC(F)(F)F)CCCC(=O)O. The molecule has 0 aliphatic heterocycles. The number of hydrogen-bond acceptors (Lipinski definition) is 4. The molecule has 4 N–H and O–H groups in total. The van der Waals surface area contributed by atoms with Gasteiger partial charge in [-0.15, -0.1) is 10.3 Å². The van der Waals surface area contributed by atoms with Crippen molar-refractivity contribution in [1.82, 2.24) is 0 Å². The monoisotopic (exact) mass is 440 g/mol. The van der Waals surface area contributed by atoms with Gasteiger partial charge in [-0.05, 0) is 30.9 Å². The molecule has 0 amide bonds. The molecule has 0 aromatic heterocycles. The predicted molar refractivity (Wildman–Crippen MR) is 111 cm³/mol. The molecule has 0 radical (unpaired) electrons. The third-order valence-electron chi connectivity index (χ3n) is 3.79. The molecular weight excluding hydrogens is 409 g/mol. The highest BCUT2D eigenvalue weighted by atomic mass is 32.3. The lowest BCUT2D eigenvalue weighted by molar-refractivity contribution is -0.137.